The standard InChI is InChI=1S/C15H19N3O/c1-11(8-16)10-18(2)15(19)13-7-12-5-3-4-6-14(12)17-9-13/h3-6,11,13,17H,7,9-10H2,1-2H3. The third kappa shape index (κ3) is 3.05. The highest BCUT2D eigenvalue weighted by Crippen LogP contribution is 2.25. The first-order valence-electron chi connectivity index (χ1n) is 6.58. The molecule has 100 valence electrons. The summed E-state index contributed by atoms with van der Waals surface area (Å²) >= 11 is 0. The van der Waals surface area contributed by atoms with Crippen LogP contribution in [0.25, 0.3) is 0 Å². The normalized spacial score (nSPS) is 18.7. The summed E-state index contributed by atoms with van der Waals surface area (Å²) in [5, 5.41) is 12.1. The van der Waals surface area contributed by atoms with Crippen molar-refractivity contribution >= 4 is 11.6 Å². The maximum atomic E-state index is 12.3. The first kappa shape index (κ1) is 13.4. The van der Waals surface area contributed by atoms with E-state index < -0.39 is 0 Å². The molecule has 1 aromatic carbocycles. The number of amides is 1. The van der Waals surface area contributed by atoms with Crippen LogP contribution in [0.4, 0.5) is 5.69 Å². The second-order valence-electron chi connectivity index (χ2n) is 5.19. The van der Waals surface area contributed by atoms with Gasteiger partial charge in [-0.2, -0.15) is 5.26 Å². The zero-order valence-corrected chi connectivity index (χ0v) is 11.4. The summed E-state index contributed by atoms with van der Waals surface area (Å²) in [6, 6.07) is 10.2. The molecule has 1 aromatic rings. The Labute approximate surface area is 114 Å². The zero-order chi connectivity index (χ0) is 13.8. The van der Waals surface area contributed by atoms with Crippen LogP contribution in [0.15, 0.2) is 24.3 Å². The smallest absolute Gasteiger partial charge is 0.227 e. The number of hydrogen-bond acceptors (Lipinski definition) is 3. The molecule has 0 saturated carbocycles. The molecule has 0 bridgehead atoms. The highest BCUT2D eigenvalue weighted by atomic mass is 16.2. The van der Waals surface area contributed by atoms with Gasteiger partial charge >= 0.3 is 0 Å². The number of carbonyl (C=O) groups is 1. The highest BCUT2D eigenvalue weighted by molar-refractivity contribution is 5.80. The molecule has 0 aliphatic carbocycles. The molecule has 0 aromatic heterocycles. The van der Waals surface area contributed by atoms with E-state index in [4.69, 9.17) is 5.26 Å². The summed E-state index contributed by atoms with van der Waals surface area (Å²) in [4.78, 5) is 14.0. The minimum absolute atomic E-state index is 0.0363. The molecule has 1 heterocycles. The van der Waals surface area contributed by atoms with Gasteiger partial charge in [-0.1, -0.05) is 18.2 Å². The fourth-order valence-electron chi connectivity index (χ4n) is 2.47. The molecule has 0 spiro atoms. The number of rotatable bonds is 3. The Morgan fingerprint density at radius 1 is 1.58 bits per heavy atom. The largest absolute Gasteiger partial charge is 0.384 e. The van der Waals surface area contributed by atoms with Gasteiger partial charge in [-0.25, -0.2) is 0 Å². The van der Waals surface area contributed by atoms with Crippen molar-refractivity contribution in [2.24, 2.45) is 11.8 Å². The van der Waals surface area contributed by atoms with Gasteiger partial charge in [-0.3, -0.25) is 4.79 Å². The number of hydrogen-bond donors (Lipinski definition) is 1. The van der Waals surface area contributed by atoms with E-state index in [1.54, 1.807) is 11.9 Å². The number of benzene rings is 1. The minimum atomic E-state index is -0.127. The van der Waals surface area contributed by atoms with Crippen LogP contribution in [-0.2, 0) is 11.2 Å². The van der Waals surface area contributed by atoms with Gasteiger partial charge in [0.25, 0.3) is 0 Å². The number of para-hydroxylation sites is 1. The molecule has 2 unspecified atom stereocenters. The van der Waals surface area contributed by atoms with Crippen molar-refractivity contribution in [2.45, 2.75) is 13.3 Å². The Hall–Kier alpha value is -2.02. The molecule has 4 heteroatoms. The lowest BCUT2D eigenvalue weighted by Gasteiger charge is -2.29. The minimum Gasteiger partial charge on any atom is -0.384 e. The summed E-state index contributed by atoms with van der Waals surface area (Å²) < 4.78 is 0. The van der Waals surface area contributed by atoms with E-state index in [0.717, 1.165) is 12.1 Å². The monoisotopic (exact) mass is 257 g/mol. The summed E-state index contributed by atoms with van der Waals surface area (Å²) in [6.07, 6.45) is 0.771. The van der Waals surface area contributed by atoms with Crippen LogP contribution in [0.5, 0.6) is 0 Å². The Bertz CT molecular complexity index is 506. The third-order valence-corrected chi connectivity index (χ3v) is 3.52. The molecule has 0 radical (unpaired) electrons. The average molecular weight is 257 g/mol. The quantitative estimate of drug-likeness (QED) is 0.899. The Balaban J connectivity index is 2.01. The topological polar surface area (TPSA) is 56.1 Å². The van der Waals surface area contributed by atoms with Gasteiger partial charge < -0.3 is 10.2 Å². The van der Waals surface area contributed by atoms with Crippen molar-refractivity contribution in [1.29, 1.82) is 5.26 Å². The van der Waals surface area contributed by atoms with Crippen molar-refractivity contribution < 1.29 is 4.79 Å². The van der Waals surface area contributed by atoms with E-state index in [0.29, 0.717) is 13.1 Å². The summed E-state index contributed by atoms with van der Waals surface area (Å²) in [5.74, 6) is -0.0484. The van der Waals surface area contributed by atoms with E-state index in [1.807, 2.05) is 25.1 Å². The number of anilines is 1. The fraction of sp³-hybridized carbons (Fsp3) is 0.467. The molecule has 2 rings (SSSR count). The fourth-order valence-corrected chi connectivity index (χ4v) is 2.47. The van der Waals surface area contributed by atoms with Crippen molar-refractivity contribution in [1.82, 2.24) is 4.90 Å². The number of nitrogens with zero attached hydrogens (tertiary/aromatic N) is 2. The summed E-state index contributed by atoms with van der Waals surface area (Å²) in [5.41, 5.74) is 2.31. The molecule has 1 N–H and O–H groups in total. The van der Waals surface area contributed by atoms with Gasteiger partial charge in [-0.05, 0) is 25.0 Å². The summed E-state index contributed by atoms with van der Waals surface area (Å²) in [7, 11) is 1.77. The molecule has 1 aliphatic heterocycles. The van der Waals surface area contributed by atoms with E-state index in [9.17, 15) is 4.79 Å². The second-order valence-corrected chi connectivity index (χ2v) is 5.19. The van der Waals surface area contributed by atoms with Crippen molar-refractivity contribution in [3.8, 4) is 6.07 Å². The lowest BCUT2D eigenvalue weighted by Crippen LogP contribution is -2.40. The van der Waals surface area contributed by atoms with Crippen LogP contribution in [0.3, 0.4) is 0 Å². The summed E-state index contributed by atoms with van der Waals surface area (Å²) in [6.45, 7) is 2.99. The highest BCUT2D eigenvalue weighted by Gasteiger charge is 2.27. The lowest BCUT2D eigenvalue weighted by molar-refractivity contribution is -0.134. The van der Waals surface area contributed by atoms with Gasteiger partial charge in [0.05, 0.1) is 17.9 Å². The van der Waals surface area contributed by atoms with Gasteiger partial charge in [0, 0.05) is 25.8 Å². The maximum Gasteiger partial charge on any atom is 0.227 e. The SMILES string of the molecule is CC(C#N)CN(C)C(=O)C1CNc2ccccc2C1. The van der Waals surface area contributed by atoms with Gasteiger partial charge in [0.2, 0.25) is 5.91 Å². The zero-order valence-electron chi connectivity index (χ0n) is 11.4. The third-order valence-electron chi connectivity index (χ3n) is 3.52. The Morgan fingerprint density at radius 3 is 3.05 bits per heavy atom. The first-order chi connectivity index (χ1) is 9.11. The first-order valence-corrected chi connectivity index (χ1v) is 6.58. The van der Waals surface area contributed by atoms with Crippen LogP contribution in [-0.4, -0.2) is 30.9 Å². The van der Waals surface area contributed by atoms with E-state index in [-0.39, 0.29) is 17.7 Å². The predicted octanol–water partition coefficient (Wildman–Crippen LogP) is 1.89. The van der Waals surface area contributed by atoms with E-state index in [2.05, 4.69) is 17.5 Å². The van der Waals surface area contributed by atoms with Crippen LogP contribution >= 0.6 is 0 Å². The Morgan fingerprint density at radius 2 is 2.32 bits per heavy atom. The molecule has 19 heavy (non-hydrogen) atoms. The van der Waals surface area contributed by atoms with Crippen LogP contribution in [0.1, 0.15) is 12.5 Å². The molecule has 2 atom stereocenters. The van der Waals surface area contributed by atoms with Crippen LogP contribution < -0.4 is 5.32 Å². The van der Waals surface area contributed by atoms with Crippen molar-refractivity contribution in [3.05, 3.63) is 29.8 Å². The van der Waals surface area contributed by atoms with Gasteiger partial charge in [0.1, 0.15) is 0 Å². The van der Waals surface area contributed by atoms with E-state index in [1.165, 1.54) is 5.56 Å². The molecule has 1 aliphatic rings. The Kier molecular flexibility index (Phi) is 4.06. The van der Waals surface area contributed by atoms with Crippen LogP contribution in [0, 0.1) is 23.2 Å². The average Bonchev–Trinajstić information content (AvgIpc) is 2.45. The van der Waals surface area contributed by atoms with Crippen molar-refractivity contribution in [3.63, 3.8) is 0 Å². The molecule has 0 saturated heterocycles. The van der Waals surface area contributed by atoms with Crippen molar-refractivity contribution in [2.75, 3.05) is 25.5 Å². The number of carbonyl (C=O) groups excluding carboxylic acids is 1. The number of nitrogens with one attached hydrogen (secondary N) is 1. The lowest BCUT2D eigenvalue weighted by atomic mass is 9.93. The van der Waals surface area contributed by atoms with Gasteiger partial charge in [0.15, 0.2) is 0 Å². The van der Waals surface area contributed by atoms with Crippen LogP contribution in [0.2, 0.25) is 0 Å². The number of fused-ring (bicyclic) bond motifs is 1. The predicted molar refractivity (Wildman–Crippen MR) is 74.5 cm³/mol. The molecule has 0 fully saturated rings. The number of nitriles is 1. The van der Waals surface area contributed by atoms with Gasteiger partial charge in [-0.15, -0.1) is 0 Å². The van der Waals surface area contributed by atoms with E-state index >= 15 is 0 Å². The molecule has 1 amide bonds. The molecular formula is C15H19N3O. The molecule has 4 nitrogen and oxygen atoms in total. The second kappa shape index (κ2) is 5.75. The maximum absolute atomic E-state index is 12.3. The molecular weight excluding hydrogens is 238 g/mol.